The second-order valence-corrected chi connectivity index (χ2v) is 6.80. The van der Waals surface area contributed by atoms with Gasteiger partial charge in [0.25, 0.3) is 0 Å². The summed E-state index contributed by atoms with van der Waals surface area (Å²) in [6.07, 6.45) is -0.583. The van der Waals surface area contributed by atoms with Crippen molar-refractivity contribution in [2.75, 3.05) is 20.8 Å². The molecule has 0 aliphatic rings. The van der Waals surface area contributed by atoms with Crippen molar-refractivity contribution in [3.05, 3.63) is 95.6 Å². The smallest absolute Gasteiger partial charge is 0.119 e. The summed E-state index contributed by atoms with van der Waals surface area (Å²) >= 11 is 0. The molecule has 1 N–H and O–H groups in total. The second kappa shape index (κ2) is 9.93. The molecule has 0 bridgehead atoms. The number of methoxy groups -OCH3 is 2. The second-order valence-electron chi connectivity index (χ2n) is 6.80. The summed E-state index contributed by atoms with van der Waals surface area (Å²) < 4.78 is 10.6. The highest BCUT2D eigenvalue weighted by molar-refractivity contribution is 5.30. The van der Waals surface area contributed by atoms with E-state index in [0.29, 0.717) is 6.54 Å². The van der Waals surface area contributed by atoms with Crippen LogP contribution in [0.3, 0.4) is 0 Å². The number of ether oxygens (including phenoxy) is 2. The normalized spacial score (nSPS) is 12.0. The van der Waals surface area contributed by atoms with Crippen LogP contribution in [-0.2, 0) is 13.1 Å². The average Bonchev–Trinajstić information content (AvgIpc) is 2.74. The first-order chi connectivity index (χ1) is 13.7. The lowest BCUT2D eigenvalue weighted by Gasteiger charge is -2.26. The van der Waals surface area contributed by atoms with Gasteiger partial charge in [-0.1, -0.05) is 54.6 Å². The Bertz CT molecular complexity index is 849. The minimum absolute atomic E-state index is 0.526. The van der Waals surface area contributed by atoms with E-state index < -0.39 is 6.10 Å². The Morgan fingerprint density at radius 3 is 2.07 bits per heavy atom. The molecule has 0 aliphatic heterocycles. The number of hydrogen-bond acceptors (Lipinski definition) is 4. The van der Waals surface area contributed by atoms with Crippen LogP contribution in [-0.4, -0.2) is 30.8 Å². The molecule has 3 rings (SSSR count). The standard InChI is InChI=1S/C24H27NO3/c1-27-22-13-11-21(12-14-22)24(26)18-25(16-19-7-4-3-5-8-19)17-20-9-6-10-23(15-20)28-2/h3-15,24,26H,16-18H2,1-2H3. The Hall–Kier alpha value is -2.82. The molecular weight excluding hydrogens is 350 g/mol. The first kappa shape index (κ1) is 19.9. The highest BCUT2D eigenvalue weighted by Crippen LogP contribution is 2.21. The average molecular weight is 377 g/mol. The number of rotatable bonds is 9. The summed E-state index contributed by atoms with van der Waals surface area (Å²) in [4.78, 5) is 2.25. The van der Waals surface area contributed by atoms with E-state index in [1.165, 1.54) is 5.56 Å². The molecule has 28 heavy (non-hydrogen) atoms. The third kappa shape index (κ3) is 5.59. The molecule has 0 heterocycles. The summed E-state index contributed by atoms with van der Waals surface area (Å²) in [6, 6.07) is 26.0. The van der Waals surface area contributed by atoms with Crippen molar-refractivity contribution in [1.29, 1.82) is 0 Å². The van der Waals surface area contributed by atoms with E-state index in [9.17, 15) is 5.11 Å². The minimum Gasteiger partial charge on any atom is -0.497 e. The van der Waals surface area contributed by atoms with E-state index in [2.05, 4.69) is 23.1 Å². The number of benzene rings is 3. The molecule has 1 atom stereocenters. The monoisotopic (exact) mass is 377 g/mol. The van der Waals surface area contributed by atoms with Gasteiger partial charge in [0, 0.05) is 19.6 Å². The summed E-state index contributed by atoms with van der Waals surface area (Å²) in [5, 5.41) is 10.8. The van der Waals surface area contributed by atoms with Crippen LogP contribution in [0.2, 0.25) is 0 Å². The van der Waals surface area contributed by atoms with E-state index in [4.69, 9.17) is 9.47 Å². The molecule has 0 aromatic heterocycles. The zero-order valence-electron chi connectivity index (χ0n) is 16.4. The van der Waals surface area contributed by atoms with Crippen molar-refractivity contribution in [1.82, 2.24) is 4.90 Å². The summed E-state index contributed by atoms with van der Waals surface area (Å²) in [5.74, 6) is 1.63. The van der Waals surface area contributed by atoms with E-state index in [1.54, 1.807) is 14.2 Å². The van der Waals surface area contributed by atoms with E-state index in [1.807, 2.05) is 60.7 Å². The molecule has 0 amide bonds. The fraction of sp³-hybridized carbons (Fsp3) is 0.250. The Labute approximate surface area is 167 Å². The molecule has 0 radical (unpaired) electrons. The molecule has 4 nitrogen and oxygen atoms in total. The Morgan fingerprint density at radius 1 is 0.750 bits per heavy atom. The topological polar surface area (TPSA) is 41.9 Å². The van der Waals surface area contributed by atoms with Crippen molar-refractivity contribution < 1.29 is 14.6 Å². The van der Waals surface area contributed by atoms with Crippen molar-refractivity contribution in [2.24, 2.45) is 0 Å². The first-order valence-electron chi connectivity index (χ1n) is 9.39. The Balaban J connectivity index is 1.76. The van der Waals surface area contributed by atoms with Gasteiger partial charge >= 0.3 is 0 Å². The van der Waals surface area contributed by atoms with Gasteiger partial charge in [0.15, 0.2) is 0 Å². The molecule has 3 aromatic rings. The van der Waals surface area contributed by atoms with Crippen molar-refractivity contribution in [3.63, 3.8) is 0 Å². The molecule has 0 fully saturated rings. The predicted octanol–water partition coefficient (Wildman–Crippen LogP) is 4.44. The van der Waals surface area contributed by atoms with E-state index in [-0.39, 0.29) is 0 Å². The maximum absolute atomic E-state index is 10.8. The van der Waals surface area contributed by atoms with Crippen LogP contribution in [0.15, 0.2) is 78.9 Å². The van der Waals surface area contributed by atoms with Crippen molar-refractivity contribution >= 4 is 0 Å². The molecule has 0 saturated carbocycles. The zero-order valence-corrected chi connectivity index (χ0v) is 16.4. The van der Waals surface area contributed by atoms with Crippen LogP contribution in [0.4, 0.5) is 0 Å². The van der Waals surface area contributed by atoms with Crippen molar-refractivity contribution in [2.45, 2.75) is 19.2 Å². The third-order valence-corrected chi connectivity index (χ3v) is 4.72. The van der Waals surface area contributed by atoms with E-state index >= 15 is 0 Å². The van der Waals surface area contributed by atoms with Crippen molar-refractivity contribution in [3.8, 4) is 11.5 Å². The van der Waals surface area contributed by atoms with Crippen LogP contribution >= 0.6 is 0 Å². The number of nitrogens with zero attached hydrogens (tertiary/aromatic N) is 1. The maximum atomic E-state index is 10.8. The molecule has 1 unspecified atom stereocenters. The lowest BCUT2D eigenvalue weighted by atomic mass is 10.1. The molecular formula is C24H27NO3. The molecule has 4 heteroatoms. The van der Waals surface area contributed by atoms with Gasteiger partial charge < -0.3 is 14.6 Å². The maximum Gasteiger partial charge on any atom is 0.119 e. The van der Waals surface area contributed by atoms with Crippen LogP contribution in [0.1, 0.15) is 22.8 Å². The number of aliphatic hydroxyl groups excluding tert-OH is 1. The summed E-state index contributed by atoms with van der Waals surface area (Å²) in [5.41, 5.74) is 3.24. The summed E-state index contributed by atoms with van der Waals surface area (Å²) in [6.45, 7) is 2.00. The highest BCUT2D eigenvalue weighted by atomic mass is 16.5. The van der Waals surface area contributed by atoms with Crippen LogP contribution in [0.5, 0.6) is 11.5 Å². The number of aliphatic hydroxyl groups is 1. The van der Waals surface area contributed by atoms with Gasteiger partial charge in [-0.05, 0) is 41.0 Å². The predicted molar refractivity (Wildman–Crippen MR) is 112 cm³/mol. The SMILES string of the molecule is COc1ccc(C(O)CN(Cc2ccccc2)Cc2cccc(OC)c2)cc1. The van der Waals surface area contributed by atoms with Gasteiger partial charge in [0.2, 0.25) is 0 Å². The minimum atomic E-state index is -0.583. The highest BCUT2D eigenvalue weighted by Gasteiger charge is 2.15. The lowest BCUT2D eigenvalue weighted by molar-refractivity contribution is 0.105. The van der Waals surface area contributed by atoms with E-state index in [0.717, 1.165) is 35.7 Å². The van der Waals surface area contributed by atoms with Gasteiger partial charge in [-0.3, -0.25) is 4.90 Å². The molecule has 0 aliphatic carbocycles. The molecule has 0 saturated heterocycles. The van der Waals surface area contributed by atoms with Crippen LogP contribution < -0.4 is 9.47 Å². The lowest BCUT2D eigenvalue weighted by Crippen LogP contribution is -2.28. The van der Waals surface area contributed by atoms with Gasteiger partial charge in [-0.2, -0.15) is 0 Å². The Morgan fingerprint density at radius 2 is 1.39 bits per heavy atom. The van der Waals surface area contributed by atoms with Crippen LogP contribution in [0.25, 0.3) is 0 Å². The first-order valence-corrected chi connectivity index (χ1v) is 9.39. The van der Waals surface area contributed by atoms with Gasteiger partial charge in [-0.25, -0.2) is 0 Å². The largest absolute Gasteiger partial charge is 0.497 e. The summed E-state index contributed by atoms with van der Waals surface area (Å²) in [7, 11) is 3.31. The third-order valence-electron chi connectivity index (χ3n) is 4.72. The zero-order chi connectivity index (χ0) is 19.8. The van der Waals surface area contributed by atoms with Crippen LogP contribution in [0, 0.1) is 0 Å². The van der Waals surface area contributed by atoms with Gasteiger partial charge in [0.05, 0.1) is 20.3 Å². The fourth-order valence-corrected chi connectivity index (χ4v) is 3.23. The molecule has 0 spiro atoms. The molecule has 146 valence electrons. The quantitative estimate of drug-likeness (QED) is 0.599. The number of hydrogen-bond donors (Lipinski definition) is 1. The van der Waals surface area contributed by atoms with Gasteiger partial charge in [-0.15, -0.1) is 0 Å². The van der Waals surface area contributed by atoms with Gasteiger partial charge in [0.1, 0.15) is 11.5 Å². The fourth-order valence-electron chi connectivity index (χ4n) is 3.23. The molecule has 3 aromatic carbocycles. The Kier molecular flexibility index (Phi) is 7.06.